The van der Waals surface area contributed by atoms with Crippen LogP contribution >= 0.6 is 0 Å². The number of rotatable bonds is 7. The zero-order valence-corrected chi connectivity index (χ0v) is 18.5. The topological polar surface area (TPSA) is 60.9 Å². The van der Waals surface area contributed by atoms with E-state index < -0.39 is 0 Å². The van der Waals surface area contributed by atoms with Crippen LogP contribution in [0, 0.1) is 6.92 Å². The predicted molar refractivity (Wildman–Crippen MR) is 121 cm³/mol. The average molecular weight is 407 g/mol. The first-order valence-electron chi connectivity index (χ1n) is 10.6. The van der Waals surface area contributed by atoms with E-state index in [4.69, 9.17) is 0 Å². The first-order valence-corrected chi connectivity index (χ1v) is 10.6. The summed E-state index contributed by atoms with van der Waals surface area (Å²) in [7, 11) is 0. The van der Waals surface area contributed by atoms with Crippen LogP contribution in [0.4, 0.5) is 5.69 Å². The van der Waals surface area contributed by atoms with Gasteiger partial charge in [0.2, 0.25) is 5.78 Å². The Balaban J connectivity index is 1.95. The molecule has 0 aliphatic heterocycles. The van der Waals surface area contributed by atoms with Crippen LogP contribution in [0.2, 0.25) is 0 Å². The van der Waals surface area contributed by atoms with Gasteiger partial charge in [-0.3, -0.25) is 9.59 Å². The summed E-state index contributed by atoms with van der Waals surface area (Å²) in [6, 6.07) is 5.88. The Hall–Kier alpha value is -3.08. The van der Waals surface area contributed by atoms with Gasteiger partial charge in [0.15, 0.2) is 5.78 Å². The van der Waals surface area contributed by atoms with Crippen LogP contribution in [0.25, 0.3) is 5.57 Å². The first kappa shape index (κ1) is 21.6. The van der Waals surface area contributed by atoms with Crippen molar-refractivity contribution < 1.29 is 14.7 Å². The number of hydrogen-bond acceptors (Lipinski definition) is 5. The molecule has 5 nitrogen and oxygen atoms in total. The van der Waals surface area contributed by atoms with Crippen molar-refractivity contribution in [3.05, 3.63) is 70.2 Å². The van der Waals surface area contributed by atoms with Gasteiger partial charge in [-0.05, 0) is 70.0 Å². The molecule has 1 aromatic carbocycles. The van der Waals surface area contributed by atoms with Crippen LogP contribution in [0.3, 0.4) is 0 Å². The number of aliphatic hydroxyl groups is 1. The minimum absolute atomic E-state index is 0.0913. The second kappa shape index (κ2) is 8.74. The molecule has 0 unspecified atom stereocenters. The van der Waals surface area contributed by atoms with Gasteiger partial charge < -0.3 is 14.9 Å². The van der Waals surface area contributed by atoms with Crippen molar-refractivity contribution in [1.29, 1.82) is 0 Å². The van der Waals surface area contributed by atoms with E-state index in [2.05, 4.69) is 23.6 Å². The number of aryl methyl sites for hydroxylation is 1. The Kier molecular flexibility index (Phi) is 6.30. The summed E-state index contributed by atoms with van der Waals surface area (Å²) in [4.78, 5) is 29.9. The van der Waals surface area contributed by atoms with Crippen molar-refractivity contribution in [2.24, 2.45) is 0 Å². The Morgan fingerprint density at radius 2 is 1.50 bits per heavy atom. The molecule has 1 aromatic rings. The van der Waals surface area contributed by atoms with Crippen LogP contribution in [0.1, 0.15) is 38.8 Å². The number of allylic oxidation sites excluding steroid dienone is 6. The first-order chi connectivity index (χ1) is 14.4. The van der Waals surface area contributed by atoms with Crippen LogP contribution in [0.15, 0.2) is 59.0 Å². The number of benzene rings is 1. The van der Waals surface area contributed by atoms with Crippen molar-refractivity contribution in [2.45, 2.75) is 34.6 Å². The van der Waals surface area contributed by atoms with Gasteiger partial charge >= 0.3 is 0 Å². The lowest BCUT2D eigenvalue weighted by Gasteiger charge is -2.28. The van der Waals surface area contributed by atoms with E-state index in [1.807, 2.05) is 45.0 Å². The van der Waals surface area contributed by atoms with Crippen molar-refractivity contribution in [1.82, 2.24) is 4.90 Å². The third-order valence-electron chi connectivity index (χ3n) is 5.90. The number of carbonyl (C=O) groups excluding carboxylic acids is 2. The predicted octanol–water partition coefficient (Wildman–Crippen LogP) is 4.35. The molecular formula is C25H30N2O3. The molecule has 0 radical (unpaired) electrons. The van der Waals surface area contributed by atoms with Gasteiger partial charge in [0.1, 0.15) is 5.76 Å². The molecule has 0 saturated carbocycles. The van der Waals surface area contributed by atoms with Crippen molar-refractivity contribution in [3.63, 3.8) is 0 Å². The minimum Gasteiger partial charge on any atom is -0.506 e. The van der Waals surface area contributed by atoms with E-state index >= 15 is 0 Å². The minimum atomic E-state index is -0.279. The highest BCUT2D eigenvalue weighted by Gasteiger charge is 2.39. The van der Waals surface area contributed by atoms with Crippen LogP contribution in [0.5, 0.6) is 0 Å². The number of hydrogen-bond donors (Lipinski definition) is 1. The molecule has 0 heterocycles. The molecule has 0 atom stereocenters. The molecule has 2 aliphatic rings. The van der Waals surface area contributed by atoms with Crippen LogP contribution < -0.4 is 4.90 Å². The third-order valence-corrected chi connectivity index (χ3v) is 5.90. The Morgan fingerprint density at radius 1 is 0.867 bits per heavy atom. The Bertz CT molecular complexity index is 1000. The number of likely N-dealkylation sites (N-methyl/N-ethyl adjacent to an activating group) is 1. The number of anilines is 1. The van der Waals surface area contributed by atoms with Gasteiger partial charge in [-0.15, -0.1) is 0 Å². The lowest BCUT2D eigenvalue weighted by molar-refractivity contribution is -0.114. The van der Waals surface area contributed by atoms with Crippen molar-refractivity contribution in [2.75, 3.05) is 31.1 Å². The summed E-state index contributed by atoms with van der Waals surface area (Å²) in [6.07, 6.45) is 5.02. The van der Waals surface area contributed by atoms with E-state index in [0.29, 0.717) is 11.1 Å². The molecule has 3 rings (SSSR count). The molecular weight excluding hydrogens is 376 g/mol. The fourth-order valence-electron chi connectivity index (χ4n) is 4.12. The molecule has 0 bridgehead atoms. The fraction of sp³-hybridized carbons (Fsp3) is 0.360. The van der Waals surface area contributed by atoms with E-state index in [9.17, 15) is 14.7 Å². The van der Waals surface area contributed by atoms with E-state index in [1.54, 1.807) is 6.08 Å². The van der Waals surface area contributed by atoms with Gasteiger partial charge in [0.05, 0.1) is 11.1 Å². The van der Waals surface area contributed by atoms with E-state index in [0.717, 1.165) is 43.1 Å². The molecule has 0 aromatic heterocycles. The largest absolute Gasteiger partial charge is 0.506 e. The highest BCUT2D eigenvalue weighted by Crippen LogP contribution is 2.40. The van der Waals surface area contributed by atoms with Crippen molar-refractivity contribution >= 4 is 22.8 Å². The number of Topliss-reactive ketones (excluding diaryl/α,β-unsaturated/α-hetero) is 1. The smallest absolute Gasteiger partial charge is 0.201 e. The lowest BCUT2D eigenvalue weighted by atomic mass is 9.78. The summed E-state index contributed by atoms with van der Waals surface area (Å²) in [6.45, 7) is 13.6. The molecule has 0 amide bonds. The number of carbonyl (C=O) groups is 2. The summed E-state index contributed by atoms with van der Waals surface area (Å²) in [5.41, 5.74) is 4.22. The standard InChI is InChI=1S/C25H30N2O3/c1-6-26(7-2)17-10-12-19(16(5)14-17)22-24(29)23(25(22)30)20-13-11-18(15-21(20)28)27(8-3)9-4/h10-15,29H,6-9H2,1-5H3/b23-20+. The number of aliphatic hydroxyl groups excluding tert-OH is 1. The molecule has 0 fully saturated rings. The SMILES string of the molecule is CCN(CC)C1=CC(=O)/C(=C2/C(=O)C(c3ccc(N(CC)CC)cc3C)=C2O)C=C1. The van der Waals surface area contributed by atoms with Gasteiger partial charge in [0, 0.05) is 49.2 Å². The van der Waals surface area contributed by atoms with Gasteiger partial charge in [-0.1, -0.05) is 6.07 Å². The maximum Gasteiger partial charge on any atom is 0.201 e. The molecule has 2 aliphatic carbocycles. The Morgan fingerprint density at radius 3 is 2.00 bits per heavy atom. The summed E-state index contributed by atoms with van der Waals surface area (Å²) in [5, 5.41) is 10.7. The quantitative estimate of drug-likeness (QED) is 0.682. The summed E-state index contributed by atoms with van der Waals surface area (Å²) in [5.74, 6) is -0.618. The molecule has 30 heavy (non-hydrogen) atoms. The molecule has 158 valence electrons. The van der Waals surface area contributed by atoms with Crippen LogP contribution in [-0.4, -0.2) is 47.8 Å². The number of nitrogens with zero attached hydrogens (tertiary/aromatic N) is 2. The third kappa shape index (κ3) is 3.60. The second-order valence-corrected chi connectivity index (χ2v) is 7.45. The summed E-state index contributed by atoms with van der Waals surface area (Å²) < 4.78 is 0. The van der Waals surface area contributed by atoms with Crippen molar-refractivity contribution in [3.8, 4) is 0 Å². The van der Waals surface area contributed by atoms with Gasteiger partial charge in [-0.25, -0.2) is 0 Å². The number of ketones is 2. The fourth-order valence-corrected chi connectivity index (χ4v) is 4.12. The maximum absolute atomic E-state index is 12.9. The van der Waals surface area contributed by atoms with Gasteiger partial charge in [0.25, 0.3) is 0 Å². The zero-order valence-electron chi connectivity index (χ0n) is 18.5. The zero-order chi connectivity index (χ0) is 22.0. The molecule has 1 N–H and O–H groups in total. The van der Waals surface area contributed by atoms with Gasteiger partial charge in [-0.2, -0.15) is 0 Å². The Labute approximate surface area is 178 Å². The van der Waals surface area contributed by atoms with E-state index in [1.165, 1.54) is 6.08 Å². The molecule has 0 spiro atoms. The second-order valence-electron chi connectivity index (χ2n) is 7.45. The monoisotopic (exact) mass is 406 g/mol. The normalized spacial score (nSPS) is 18.5. The molecule has 0 saturated heterocycles. The highest BCUT2D eigenvalue weighted by atomic mass is 16.3. The molecule has 5 heteroatoms. The average Bonchev–Trinajstić information content (AvgIpc) is 2.73. The lowest BCUT2D eigenvalue weighted by Crippen LogP contribution is -2.27. The highest BCUT2D eigenvalue weighted by molar-refractivity contribution is 6.41. The maximum atomic E-state index is 12.9. The van der Waals surface area contributed by atoms with E-state index in [-0.39, 0.29) is 28.5 Å². The van der Waals surface area contributed by atoms with Crippen LogP contribution in [-0.2, 0) is 9.59 Å². The summed E-state index contributed by atoms with van der Waals surface area (Å²) >= 11 is 0.